The van der Waals surface area contributed by atoms with Gasteiger partial charge in [-0.25, -0.2) is 0 Å². The lowest BCUT2D eigenvalue weighted by Crippen LogP contribution is -2.64. The summed E-state index contributed by atoms with van der Waals surface area (Å²) in [6, 6.07) is 0. The molecule has 4 heteroatoms. The molecule has 0 spiro atoms. The second kappa shape index (κ2) is 8.28. The molecule has 0 bridgehead atoms. The van der Waals surface area contributed by atoms with E-state index in [1.54, 1.807) is 0 Å². The number of carbonyl (C=O) groups is 1. The largest absolute Gasteiger partial charge is 0.392 e. The topological polar surface area (TPSA) is 77.8 Å². The van der Waals surface area contributed by atoms with Gasteiger partial charge < -0.3 is 15.3 Å². The van der Waals surface area contributed by atoms with Crippen LogP contribution in [0.1, 0.15) is 99.8 Å². The van der Waals surface area contributed by atoms with Gasteiger partial charge in [0.1, 0.15) is 5.78 Å². The molecule has 1 unspecified atom stereocenters. The van der Waals surface area contributed by atoms with Crippen LogP contribution in [0.3, 0.4) is 0 Å². The molecule has 4 aliphatic carbocycles. The van der Waals surface area contributed by atoms with E-state index in [9.17, 15) is 20.1 Å². The molecule has 34 heavy (non-hydrogen) atoms. The fourth-order valence-corrected chi connectivity index (χ4v) is 9.27. The number of allylic oxidation sites excluding steroid dienone is 2. The van der Waals surface area contributed by atoms with E-state index < -0.39 is 11.0 Å². The summed E-state index contributed by atoms with van der Waals surface area (Å²) >= 11 is 0. The highest BCUT2D eigenvalue weighted by Gasteiger charge is 2.71. The number of carbonyl (C=O) groups excluding carboxylic acids is 1. The molecule has 0 aromatic heterocycles. The Morgan fingerprint density at radius 3 is 2.47 bits per heavy atom. The molecule has 4 aliphatic rings. The Morgan fingerprint density at radius 1 is 1.15 bits per heavy atom. The summed E-state index contributed by atoms with van der Waals surface area (Å²) in [6.07, 6.45) is 10.5. The minimum absolute atomic E-state index is 0.0105. The van der Waals surface area contributed by atoms with Crippen molar-refractivity contribution in [2.75, 3.05) is 6.61 Å². The zero-order valence-corrected chi connectivity index (χ0v) is 22.6. The molecule has 0 radical (unpaired) electrons. The maximum Gasteiger partial charge on any atom is 0.140 e. The molecular formula is C30H48O4. The van der Waals surface area contributed by atoms with Crippen LogP contribution >= 0.6 is 0 Å². The Labute approximate surface area is 206 Å². The normalized spacial score (nSPS) is 45.6. The number of hydrogen-bond donors (Lipinski definition) is 3. The Balaban J connectivity index is 1.69. The fourth-order valence-electron chi connectivity index (χ4n) is 9.27. The van der Waals surface area contributed by atoms with Gasteiger partial charge in [0.25, 0.3) is 0 Å². The molecule has 0 amide bonds. The standard InChI is InChI=1S/C30H48O4/c1-19(18-31)9-8-15-29(6,34)22-14-16-27(4)23-12-10-20-21(11-13-24(32)26(20,2)3)30(23,7)25(33)17-28(22,27)5/h9-10,21-24,31-32,34H,8,11-18H2,1-7H3/b19-9-/t21-,22+,23+,24+,27+,28-,29?,30+/m1/s1. The highest BCUT2D eigenvalue weighted by molar-refractivity contribution is 5.88. The molecule has 4 rings (SSSR count). The first kappa shape index (κ1) is 26.1. The molecule has 0 saturated heterocycles. The predicted molar refractivity (Wildman–Crippen MR) is 136 cm³/mol. The van der Waals surface area contributed by atoms with Crippen molar-refractivity contribution in [1.29, 1.82) is 0 Å². The average Bonchev–Trinajstić information content (AvgIpc) is 3.02. The Bertz CT molecular complexity index is 897. The lowest BCUT2D eigenvalue weighted by molar-refractivity contribution is -0.179. The van der Waals surface area contributed by atoms with Crippen LogP contribution in [-0.2, 0) is 4.79 Å². The van der Waals surface area contributed by atoms with Gasteiger partial charge in [-0.2, -0.15) is 0 Å². The molecular weight excluding hydrogens is 424 g/mol. The number of rotatable bonds is 5. The Hall–Kier alpha value is -0.970. The van der Waals surface area contributed by atoms with Crippen molar-refractivity contribution in [3.63, 3.8) is 0 Å². The molecule has 192 valence electrons. The highest BCUT2D eigenvalue weighted by atomic mass is 16.3. The summed E-state index contributed by atoms with van der Waals surface area (Å²) in [4.78, 5) is 14.2. The van der Waals surface area contributed by atoms with Crippen molar-refractivity contribution in [2.24, 2.45) is 39.4 Å². The summed E-state index contributed by atoms with van der Waals surface area (Å²) in [7, 11) is 0. The van der Waals surface area contributed by atoms with Crippen molar-refractivity contribution >= 4 is 5.78 Å². The van der Waals surface area contributed by atoms with Gasteiger partial charge in [0.05, 0.1) is 18.3 Å². The number of ketones is 1. The maximum absolute atomic E-state index is 14.2. The SMILES string of the molecule is C/C(=C/CCC(C)(O)[C@H]1CC[C@@]2(C)[C@@H]3CC=C4[C@@H](CC[C@H](O)C4(C)C)[C@]3(C)C(=O)C[C@]12C)CO. The van der Waals surface area contributed by atoms with E-state index in [4.69, 9.17) is 0 Å². The van der Waals surface area contributed by atoms with Crippen LogP contribution in [0.4, 0.5) is 0 Å². The number of hydrogen-bond acceptors (Lipinski definition) is 4. The number of Topliss-reactive ketones (excluding diaryl/α,β-unsaturated/α-hetero) is 1. The van der Waals surface area contributed by atoms with Crippen LogP contribution in [0, 0.1) is 39.4 Å². The van der Waals surface area contributed by atoms with E-state index in [2.05, 4.69) is 40.7 Å². The first-order valence-corrected chi connectivity index (χ1v) is 13.6. The van der Waals surface area contributed by atoms with Crippen LogP contribution < -0.4 is 0 Å². The summed E-state index contributed by atoms with van der Waals surface area (Å²) in [5.74, 6) is 0.934. The third-order valence-electron chi connectivity index (χ3n) is 11.8. The lowest BCUT2D eigenvalue weighted by atomic mass is 9.38. The first-order valence-electron chi connectivity index (χ1n) is 13.6. The van der Waals surface area contributed by atoms with Crippen molar-refractivity contribution in [3.05, 3.63) is 23.3 Å². The van der Waals surface area contributed by atoms with Crippen molar-refractivity contribution in [2.45, 2.75) is 112 Å². The van der Waals surface area contributed by atoms with Gasteiger partial charge in [-0.1, -0.05) is 57.9 Å². The number of aliphatic hydroxyl groups is 3. The van der Waals surface area contributed by atoms with E-state index >= 15 is 0 Å². The second-order valence-electron chi connectivity index (χ2n) is 13.7. The summed E-state index contributed by atoms with van der Waals surface area (Å²) in [5, 5.41) is 31.8. The second-order valence-corrected chi connectivity index (χ2v) is 13.7. The summed E-state index contributed by atoms with van der Waals surface area (Å²) < 4.78 is 0. The van der Waals surface area contributed by atoms with Crippen LogP contribution in [0.2, 0.25) is 0 Å². The zero-order chi connectivity index (χ0) is 25.3. The molecule has 0 heterocycles. The van der Waals surface area contributed by atoms with Gasteiger partial charge in [0.2, 0.25) is 0 Å². The highest BCUT2D eigenvalue weighted by Crippen LogP contribution is 2.74. The molecule has 8 atom stereocenters. The first-order chi connectivity index (χ1) is 15.7. The number of aliphatic hydroxyl groups excluding tert-OH is 2. The van der Waals surface area contributed by atoms with Crippen LogP contribution in [0.5, 0.6) is 0 Å². The molecule has 3 saturated carbocycles. The van der Waals surface area contributed by atoms with Gasteiger partial charge in [0, 0.05) is 17.3 Å². The molecule has 4 nitrogen and oxygen atoms in total. The van der Waals surface area contributed by atoms with Gasteiger partial charge in [-0.15, -0.1) is 0 Å². The fraction of sp³-hybridized carbons (Fsp3) is 0.833. The van der Waals surface area contributed by atoms with Crippen molar-refractivity contribution in [1.82, 2.24) is 0 Å². The molecule has 0 aliphatic heterocycles. The minimum Gasteiger partial charge on any atom is -0.392 e. The average molecular weight is 473 g/mol. The third-order valence-corrected chi connectivity index (χ3v) is 11.8. The number of fused-ring (bicyclic) bond motifs is 5. The van der Waals surface area contributed by atoms with Gasteiger partial charge in [0.15, 0.2) is 0 Å². The van der Waals surface area contributed by atoms with E-state index in [1.807, 2.05) is 19.9 Å². The Morgan fingerprint density at radius 2 is 1.82 bits per heavy atom. The van der Waals surface area contributed by atoms with Gasteiger partial charge >= 0.3 is 0 Å². The lowest BCUT2D eigenvalue weighted by Gasteiger charge is -2.65. The molecule has 3 fully saturated rings. The van der Waals surface area contributed by atoms with E-state index in [0.717, 1.165) is 44.1 Å². The quantitative estimate of drug-likeness (QED) is 0.455. The maximum atomic E-state index is 14.2. The van der Waals surface area contributed by atoms with E-state index in [1.165, 1.54) is 5.57 Å². The molecule has 3 N–H and O–H groups in total. The Kier molecular flexibility index (Phi) is 6.36. The van der Waals surface area contributed by atoms with Crippen molar-refractivity contribution < 1.29 is 20.1 Å². The van der Waals surface area contributed by atoms with Crippen molar-refractivity contribution in [3.8, 4) is 0 Å². The van der Waals surface area contributed by atoms with Crippen LogP contribution in [-0.4, -0.2) is 39.4 Å². The summed E-state index contributed by atoms with van der Waals surface area (Å²) in [5.41, 5.74) is 0.481. The predicted octanol–water partition coefficient (Wildman–Crippen LogP) is 5.60. The minimum atomic E-state index is -0.848. The monoisotopic (exact) mass is 472 g/mol. The van der Waals surface area contributed by atoms with Gasteiger partial charge in [-0.05, 0) is 87.4 Å². The van der Waals surface area contributed by atoms with E-state index in [0.29, 0.717) is 18.6 Å². The van der Waals surface area contributed by atoms with E-state index in [-0.39, 0.29) is 46.7 Å². The molecule has 0 aromatic rings. The smallest absolute Gasteiger partial charge is 0.140 e. The van der Waals surface area contributed by atoms with Crippen LogP contribution in [0.25, 0.3) is 0 Å². The van der Waals surface area contributed by atoms with Gasteiger partial charge in [-0.3, -0.25) is 4.79 Å². The summed E-state index contributed by atoms with van der Waals surface area (Å²) in [6.45, 7) is 15.2. The third kappa shape index (κ3) is 3.45. The molecule has 0 aromatic carbocycles. The zero-order valence-electron chi connectivity index (χ0n) is 22.6. The van der Waals surface area contributed by atoms with Crippen LogP contribution in [0.15, 0.2) is 23.3 Å².